The van der Waals surface area contributed by atoms with E-state index in [1.165, 1.54) is 30.3 Å². The first-order valence-electron chi connectivity index (χ1n) is 27.4. The van der Waals surface area contributed by atoms with Gasteiger partial charge < -0.3 is 39.6 Å². The number of carbonyl (C=O) groups is 3. The standard InChI is InChI=1S/C35H43F6N5O2.C26H15F6N3O6.Ru/c1-3-5-7-9-11-13-18-47-29-16-15-17-30(48-19-14-12-10-8-6-4-2)33(29)24-20-26(25(42)22-31(43)34(36,37)38)44-27(21-24)28-23-32(46-45-28)35(39,40)41;27-25(28,29)19-11-33-21(9-17(19)2-5-40-14-37)23-7-16(1-4-39-13-36)8-24(35-23)22-10-18(3-6-41-15-38)20(12-34-22)26(30,31)32;/h15-17,20-23,42-43H,3-14,18-19H2,1-2H3;1-15H;/q-2;;+2/b25-22-,43-31?;4-1+,5-2+,6-3+;. The molecule has 0 saturated carbocycles. The van der Waals surface area contributed by atoms with E-state index >= 15 is 0 Å². The fraction of sp³-hybridized carbons (Fsp3) is 0.328. The van der Waals surface area contributed by atoms with Gasteiger partial charge in [-0.2, -0.15) is 52.7 Å². The van der Waals surface area contributed by atoms with Crippen LogP contribution in [0.1, 0.15) is 130 Å². The summed E-state index contributed by atoms with van der Waals surface area (Å²) < 4.78 is 186. The van der Waals surface area contributed by atoms with Gasteiger partial charge in [0.2, 0.25) is 0 Å². The summed E-state index contributed by atoms with van der Waals surface area (Å²) in [5.74, 6) is 0.797. The first-order chi connectivity index (χ1) is 42.3. The Bertz CT molecular complexity index is 3320. The zero-order valence-corrected chi connectivity index (χ0v) is 49.7. The zero-order valence-electron chi connectivity index (χ0n) is 47.9. The molecule has 0 radical (unpaired) electrons. The molecule has 1 aromatic carbocycles. The average Bonchev–Trinajstić information content (AvgIpc) is 1.57. The maximum atomic E-state index is 13.5. The van der Waals surface area contributed by atoms with Crippen molar-refractivity contribution in [1.29, 1.82) is 5.41 Å². The number of allylic oxidation sites excluding steroid dienone is 1. The van der Waals surface area contributed by atoms with Crippen molar-refractivity contribution in [2.45, 2.75) is 116 Å². The van der Waals surface area contributed by atoms with Crippen molar-refractivity contribution >= 4 is 49.1 Å². The number of aromatic nitrogens is 6. The van der Waals surface area contributed by atoms with Crippen molar-refractivity contribution in [3.05, 3.63) is 143 Å². The van der Waals surface area contributed by atoms with Crippen molar-refractivity contribution in [2.75, 3.05) is 13.2 Å². The number of nitrogens with zero attached hydrogens (tertiary/aromatic N) is 6. The molecule has 0 aliphatic rings. The Morgan fingerprint density at radius 1 is 0.567 bits per heavy atom. The van der Waals surface area contributed by atoms with Crippen LogP contribution in [0.2, 0.25) is 0 Å². The minimum atomic E-state index is -5.01. The predicted molar refractivity (Wildman–Crippen MR) is 304 cm³/mol. The molecular formula is C61H58F12N8O8Ru. The molecule has 0 fully saturated rings. The monoisotopic (exact) mass is 1360 g/mol. The molecule has 5 aromatic heterocycles. The second-order valence-corrected chi connectivity index (χ2v) is 19.2. The largest absolute Gasteiger partial charge is 2.00 e. The Morgan fingerprint density at radius 3 is 1.47 bits per heavy atom. The first kappa shape index (κ1) is 73.7. The molecule has 0 aliphatic heterocycles. The van der Waals surface area contributed by atoms with E-state index in [-0.39, 0.29) is 89.9 Å². The number of carbonyl (C=O) groups excluding carboxylic acids is 3. The number of halogens is 12. The number of hydrogen-bond acceptors (Lipinski definition) is 14. The van der Waals surface area contributed by atoms with E-state index in [4.69, 9.17) is 20.6 Å². The Balaban J connectivity index is 0.000000385. The van der Waals surface area contributed by atoms with Crippen LogP contribution in [0.3, 0.4) is 0 Å². The number of hydrogen-bond donors (Lipinski definition) is 1. The van der Waals surface area contributed by atoms with Gasteiger partial charge in [0.05, 0.1) is 77.2 Å². The zero-order chi connectivity index (χ0) is 65.2. The minimum Gasteiger partial charge on any atom is -0.697 e. The third kappa shape index (κ3) is 23.0. The smallest absolute Gasteiger partial charge is 0.697 e. The van der Waals surface area contributed by atoms with Gasteiger partial charge in [0.1, 0.15) is 22.9 Å². The number of benzene rings is 1. The van der Waals surface area contributed by atoms with Gasteiger partial charge in [0.15, 0.2) is 0 Å². The normalized spacial score (nSPS) is 12.1. The summed E-state index contributed by atoms with van der Waals surface area (Å²) >= 11 is 0. The molecule has 0 bridgehead atoms. The molecule has 90 heavy (non-hydrogen) atoms. The molecular weight excluding hydrogens is 1300 g/mol. The summed E-state index contributed by atoms with van der Waals surface area (Å²) in [5.41, 5.74) is 1.22. The van der Waals surface area contributed by atoms with E-state index in [9.17, 15) is 67.1 Å². The molecule has 482 valence electrons. The molecule has 0 unspecified atom stereocenters. The maximum Gasteiger partial charge on any atom is 2.00 e. The second kappa shape index (κ2) is 35.4. The first-order valence-corrected chi connectivity index (χ1v) is 27.4. The van der Waals surface area contributed by atoms with Crippen LogP contribution in [-0.4, -0.2) is 69.6 Å². The molecule has 0 spiro atoms. The van der Waals surface area contributed by atoms with Gasteiger partial charge >= 0.3 is 44.2 Å². The molecule has 0 saturated heterocycles. The van der Waals surface area contributed by atoms with Gasteiger partial charge in [-0.05, 0) is 114 Å². The average molecular weight is 1360 g/mol. The van der Waals surface area contributed by atoms with Gasteiger partial charge in [0, 0.05) is 18.1 Å². The molecule has 6 aromatic rings. The Kier molecular flexibility index (Phi) is 29.0. The topological polar surface area (TPSA) is 224 Å². The van der Waals surface area contributed by atoms with Gasteiger partial charge in [0.25, 0.3) is 19.4 Å². The van der Waals surface area contributed by atoms with E-state index in [0.717, 1.165) is 120 Å². The third-order valence-electron chi connectivity index (χ3n) is 12.6. The summed E-state index contributed by atoms with van der Waals surface area (Å²) in [4.78, 5) is 47.5. The van der Waals surface area contributed by atoms with E-state index in [1.807, 2.05) is 0 Å². The van der Waals surface area contributed by atoms with Crippen molar-refractivity contribution in [1.82, 2.24) is 30.1 Å². The Morgan fingerprint density at radius 2 is 1.03 bits per heavy atom. The summed E-state index contributed by atoms with van der Waals surface area (Å²) in [7, 11) is 0. The molecule has 5 heterocycles. The van der Waals surface area contributed by atoms with Crippen LogP contribution in [0.25, 0.3) is 74.9 Å². The van der Waals surface area contributed by atoms with Gasteiger partial charge in [-0.25, -0.2) is 4.98 Å². The molecule has 16 nitrogen and oxygen atoms in total. The summed E-state index contributed by atoms with van der Waals surface area (Å²) in [5, 5.41) is 14.2. The van der Waals surface area contributed by atoms with Crippen molar-refractivity contribution in [2.24, 2.45) is 0 Å². The van der Waals surface area contributed by atoms with Crippen LogP contribution < -0.4 is 14.6 Å². The van der Waals surface area contributed by atoms with E-state index in [0.29, 0.717) is 54.8 Å². The number of rotatable bonds is 31. The summed E-state index contributed by atoms with van der Waals surface area (Å²) in [6.07, 6.45) is -0.193. The minimum absolute atomic E-state index is 0. The van der Waals surface area contributed by atoms with Crippen molar-refractivity contribution in [3.63, 3.8) is 0 Å². The van der Waals surface area contributed by atoms with Crippen LogP contribution >= 0.6 is 0 Å². The summed E-state index contributed by atoms with van der Waals surface area (Å²) in [6, 6.07) is 13.3. The van der Waals surface area contributed by atoms with Crippen LogP contribution in [0.5, 0.6) is 11.5 Å². The molecule has 29 heteroatoms. The Labute approximate surface area is 521 Å². The molecule has 0 aliphatic carbocycles. The van der Waals surface area contributed by atoms with Gasteiger partial charge in [-0.1, -0.05) is 89.8 Å². The Hall–Kier alpha value is -8.75. The number of unbranched alkanes of at least 4 members (excludes halogenated alkanes) is 10. The fourth-order valence-electron chi connectivity index (χ4n) is 8.29. The third-order valence-corrected chi connectivity index (χ3v) is 12.6. The maximum absolute atomic E-state index is 13.5. The van der Waals surface area contributed by atoms with E-state index in [2.05, 4.69) is 58.2 Å². The van der Waals surface area contributed by atoms with Gasteiger partial charge in [-0.3, -0.25) is 34.7 Å². The van der Waals surface area contributed by atoms with Crippen LogP contribution in [0, 0.1) is 5.41 Å². The SMILES string of the molecule is CCCCCCCCOc1cccc(OCCCCCCCC)c1-c1cc(/C([NH-])=C/C(=N)C(F)(F)F)nc(-c2cc(C(F)(F)F)n[n-]2)c1.O=CO/C=C/c1cc(-c2cc(/C=C/OC=O)c(C(F)(F)F)cn2)nc(-c2cc(/C=C/OC=O)c(C(F)(F)F)cn2)c1.[Ru+2]. The van der Waals surface area contributed by atoms with E-state index < -0.39 is 64.1 Å². The number of alkyl halides is 12. The fourth-order valence-corrected chi connectivity index (χ4v) is 8.29. The van der Waals surface area contributed by atoms with Crippen molar-refractivity contribution < 1.29 is 110 Å². The predicted octanol–water partition coefficient (Wildman–Crippen LogP) is 16.9. The van der Waals surface area contributed by atoms with Crippen LogP contribution in [-0.2, 0) is 66.6 Å². The van der Waals surface area contributed by atoms with Crippen LogP contribution in [0.4, 0.5) is 52.7 Å². The van der Waals surface area contributed by atoms with Crippen LogP contribution in [0.15, 0.2) is 97.9 Å². The quantitative estimate of drug-likeness (QED) is 0.00813. The van der Waals surface area contributed by atoms with Gasteiger partial charge in [-0.15, -0.1) is 5.70 Å². The molecule has 0 amide bonds. The number of pyridine rings is 4. The number of ether oxygens (including phenoxy) is 5. The molecule has 6 rings (SSSR count). The van der Waals surface area contributed by atoms with E-state index in [1.54, 1.807) is 18.2 Å². The number of nitrogens with one attached hydrogen (secondary N) is 2. The molecule has 0 atom stereocenters. The summed E-state index contributed by atoms with van der Waals surface area (Å²) in [6.45, 7) is 5.16. The molecule has 2 N–H and O–H groups in total. The second-order valence-electron chi connectivity index (χ2n) is 19.2. The van der Waals surface area contributed by atoms with Crippen molar-refractivity contribution in [3.8, 4) is 56.8 Å².